The zero-order valence-corrected chi connectivity index (χ0v) is 11.0. The molecule has 2 nitrogen and oxygen atoms in total. The van der Waals surface area contributed by atoms with Crippen molar-refractivity contribution >= 4 is 40.7 Å². The van der Waals surface area contributed by atoms with Gasteiger partial charge in [0.25, 0.3) is 0 Å². The summed E-state index contributed by atoms with van der Waals surface area (Å²) >= 11 is 13.6. The molecule has 16 heavy (non-hydrogen) atoms. The first-order chi connectivity index (χ1) is 7.66. The number of nitrogens with two attached hydrogens (primary N) is 1. The van der Waals surface area contributed by atoms with Crippen molar-refractivity contribution in [1.82, 2.24) is 0 Å². The van der Waals surface area contributed by atoms with Gasteiger partial charge in [0.05, 0.1) is 10.0 Å². The van der Waals surface area contributed by atoms with Crippen molar-refractivity contribution < 1.29 is 4.74 Å². The summed E-state index contributed by atoms with van der Waals surface area (Å²) in [6, 6.07) is 3.56. The third-order valence-corrected chi connectivity index (χ3v) is 4.65. The predicted molar refractivity (Wildman–Crippen MR) is 70.6 cm³/mol. The van der Waals surface area contributed by atoms with Crippen LogP contribution in [0.5, 0.6) is 0 Å². The Morgan fingerprint density at radius 2 is 1.81 bits per heavy atom. The monoisotopic (exact) mass is 277 g/mol. The van der Waals surface area contributed by atoms with E-state index in [0.29, 0.717) is 21.0 Å². The van der Waals surface area contributed by atoms with Crippen molar-refractivity contribution in [2.45, 2.75) is 23.0 Å². The Hall–Kier alpha value is -0.0900. The van der Waals surface area contributed by atoms with Gasteiger partial charge in [-0.15, -0.1) is 11.8 Å². The third kappa shape index (κ3) is 2.98. The highest BCUT2D eigenvalue weighted by atomic mass is 35.5. The molecular weight excluding hydrogens is 265 g/mol. The van der Waals surface area contributed by atoms with Gasteiger partial charge in [0.2, 0.25) is 0 Å². The second-order valence-electron chi connectivity index (χ2n) is 3.73. The number of benzene rings is 1. The Morgan fingerprint density at radius 3 is 2.50 bits per heavy atom. The number of halogens is 2. The van der Waals surface area contributed by atoms with E-state index < -0.39 is 0 Å². The minimum atomic E-state index is 0.510. The maximum atomic E-state index is 5.98. The molecule has 1 heterocycles. The van der Waals surface area contributed by atoms with Gasteiger partial charge < -0.3 is 10.5 Å². The number of anilines is 1. The summed E-state index contributed by atoms with van der Waals surface area (Å²) in [5.74, 6) is 0. The molecule has 0 amide bonds. The summed E-state index contributed by atoms with van der Waals surface area (Å²) in [4.78, 5) is 1.02. The molecule has 0 atom stereocenters. The van der Waals surface area contributed by atoms with Crippen LogP contribution >= 0.6 is 35.0 Å². The van der Waals surface area contributed by atoms with Gasteiger partial charge in [0.1, 0.15) is 0 Å². The molecule has 88 valence electrons. The van der Waals surface area contributed by atoms with E-state index in [1.165, 1.54) is 0 Å². The van der Waals surface area contributed by atoms with Crippen LogP contribution in [0.25, 0.3) is 0 Å². The quantitative estimate of drug-likeness (QED) is 0.835. The average Bonchev–Trinajstić information content (AvgIpc) is 2.27. The van der Waals surface area contributed by atoms with Gasteiger partial charge >= 0.3 is 0 Å². The lowest BCUT2D eigenvalue weighted by Gasteiger charge is -2.22. The summed E-state index contributed by atoms with van der Waals surface area (Å²) in [5, 5.41) is 1.63. The van der Waals surface area contributed by atoms with E-state index >= 15 is 0 Å². The average molecular weight is 278 g/mol. The van der Waals surface area contributed by atoms with Crippen LogP contribution in [0.2, 0.25) is 10.0 Å². The van der Waals surface area contributed by atoms with Crippen molar-refractivity contribution in [3.8, 4) is 0 Å². The minimum absolute atomic E-state index is 0.510. The van der Waals surface area contributed by atoms with Crippen molar-refractivity contribution in [2.75, 3.05) is 18.9 Å². The summed E-state index contributed by atoms with van der Waals surface area (Å²) in [6.07, 6.45) is 2.12. The van der Waals surface area contributed by atoms with Gasteiger partial charge in [-0.25, -0.2) is 0 Å². The lowest BCUT2D eigenvalue weighted by atomic mass is 10.2. The molecule has 2 N–H and O–H groups in total. The number of rotatable bonds is 2. The van der Waals surface area contributed by atoms with Gasteiger partial charge in [-0.2, -0.15) is 0 Å². The number of nitrogen functional groups attached to an aromatic ring is 1. The van der Waals surface area contributed by atoms with Crippen LogP contribution in [0.15, 0.2) is 17.0 Å². The number of hydrogen-bond acceptors (Lipinski definition) is 3. The molecule has 1 aromatic carbocycles. The molecule has 1 aliphatic heterocycles. The highest BCUT2D eigenvalue weighted by Gasteiger charge is 2.17. The zero-order chi connectivity index (χ0) is 11.5. The first-order valence-corrected chi connectivity index (χ1v) is 6.79. The number of thioether (sulfide) groups is 1. The van der Waals surface area contributed by atoms with E-state index in [2.05, 4.69) is 0 Å². The Balaban J connectivity index is 2.11. The molecule has 0 bridgehead atoms. The SMILES string of the molecule is Nc1cc(Cl)c(Cl)cc1SC1CCOCC1. The summed E-state index contributed by atoms with van der Waals surface area (Å²) in [5.41, 5.74) is 6.61. The largest absolute Gasteiger partial charge is 0.398 e. The van der Waals surface area contributed by atoms with E-state index in [9.17, 15) is 0 Å². The van der Waals surface area contributed by atoms with E-state index in [1.807, 2.05) is 6.07 Å². The first kappa shape index (κ1) is 12.4. The lowest BCUT2D eigenvalue weighted by Crippen LogP contribution is -2.17. The van der Waals surface area contributed by atoms with Crippen molar-refractivity contribution in [3.05, 3.63) is 22.2 Å². The minimum Gasteiger partial charge on any atom is -0.398 e. The molecule has 0 aliphatic carbocycles. The molecule has 0 radical (unpaired) electrons. The maximum Gasteiger partial charge on any atom is 0.0613 e. The second kappa shape index (κ2) is 5.50. The maximum absolute atomic E-state index is 5.98. The van der Waals surface area contributed by atoms with Crippen molar-refractivity contribution in [3.63, 3.8) is 0 Å². The molecule has 1 saturated heterocycles. The van der Waals surface area contributed by atoms with Crippen LogP contribution in [0.3, 0.4) is 0 Å². The van der Waals surface area contributed by atoms with Crippen LogP contribution in [0, 0.1) is 0 Å². The van der Waals surface area contributed by atoms with Crippen molar-refractivity contribution in [2.24, 2.45) is 0 Å². The standard InChI is InChI=1S/C11H13Cl2NOS/c12-8-5-10(14)11(6-9(8)13)16-7-1-3-15-4-2-7/h5-7H,1-4,14H2. The molecular formula is C11H13Cl2NOS. The fourth-order valence-corrected chi connectivity index (χ4v) is 3.19. The van der Waals surface area contributed by atoms with Gasteiger partial charge in [0, 0.05) is 29.0 Å². The molecule has 0 saturated carbocycles. The lowest BCUT2D eigenvalue weighted by molar-refractivity contribution is 0.100. The molecule has 1 aromatic rings. The van der Waals surface area contributed by atoms with Crippen LogP contribution in [-0.4, -0.2) is 18.5 Å². The normalized spacial score (nSPS) is 17.6. The van der Waals surface area contributed by atoms with E-state index in [0.717, 1.165) is 31.0 Å². The van der Waals surface area contributed by atoms with E-state index in [1.54, 1.807) is 17.8 Å². The van der Waals surface area contributed by atoms with E-state index in [4.69, 9.17) is 33.7 Å². The van der Waals surface area contributed by atoms with Crippen molar-refractivity contribution in [1.29, 1.82) is 0 Å². The van der Waals surface area contributed by atoms with E-state index in [-0.39, 0.29) is 0 Å². The van der Waals surface area contributed by atoms with Gasteiger partial charge in [-0.1, -0.05) is 23.2 Å². The van der Waals surface area contributed by atoms with Gasteiger partial charge in [-0.05, 0) is 25.0 Å². The third-order valence-electron chi connectivity index (χ3n) is 2.51. The predicted octanol–water partition coefficient (Wildman–Crippen LogP) is 3.85. The number of ether oxygens (including phenoxy) is 1. The Morgan fingerprint density at radius 1 is 1.19 bits per heavy atom. The highest BCUT2D eigenvalue weighted by molar-refractivity contribution is 8.00. The Labute approximate surface area is 109 Å². The Bertz CT molecular complexity index is 380. The smallest absolute Gasteiger partial charge is 0.0613 e. The molecule has 2 rings (SSSR count). The van der Waals surface area contributed by atoms with Crippen LogP contribution < -0.4 is 5.73 Å². The van der Waals surface area contributed by atoms with Crippen LogP contribution in [-0.2, 0) is 4.74 Å². The second-order valence-corrected chi connectivity index (χ2v) is 5.89. The summed E-state index contributed by atoms with van der Waals surface area (Å²) < 4.78 is 5.32. The first-order valence-electron chi connectivity index (χ1n) is 5.16. The molecule has 0 spiro atoms. The fourth-order valence-electron chi connectivity index (χ4n) is 1.62. The Kier molecular flexibility index (Phi) is 4.25. The zero-order valence-electron chi connectivity index (χ0n) is 8.71. The summed E-state index contributed by atoms with van der Waals surface area (Å²) in [7, 11) is 0. The molecule has 5 heteroatoms. The molecule has 0 aromatic heterocycles. The van der Waals surface area contributed by atoms with Gasteiger partial charge in [-0.3, -0.25) is 0 Å². The number of hydrogen-bond donors (Lipinski definition) is 1. The topological polar surface area (TPSA) is 35.2 Å². The van der Waals surface area contributed by atoms with Gasteiger partial charge in [0.15, 0.2) is 0 Å². The fraction of sp³-hybridized carbons (Fsp3) is 0.455. The highest BCUT2D eigenvalue weighted by Crippen LogP contribution is 2.37. The molecule has 1 fully saturated rings. The molecule has 0 unspecified atom stereocenters. The summed E-state index contributed by atoms with van der Waals surface area (Å²) in [6.45, 7) is 1.66. The van der Waals surface area contributed by atoms with Crippen LogP contribution in [0.4, 0.5) is 5.69 Å². The molecule has 1 aliphatic rings. The van der Waals surface area contributed by atoms with Crippen LogP contribution in [0.1, 0.15) is 12.8 Å².